The van der Waals surface area contributed by atoms with Crippen molar-refractivity contribution in [3.05, 3.63) is 0 Å². The lowest BCUT2D eigenvalue weighted by atomic mass is 10.3. The van der Waals surface area contributed by atoms with Crippen molar-refractivity contribution in [2.45, 2.75) is 27.7 Å². The van der Waals surface area contributed by atoms with Gasteiger partial charge in [-0.05, 0) is 27.7 Å². The third-order valence-electron chi connectivity index (χ3n) is 1.17. The Hall–Kier alpha value is -1.52. The van der Waals surface area contributed by atoms with Gasteiger partial charge >= 0.3 is 5.91 Å². The fourth-order valence-electron chi connectivity index (χ4n) is 0.527. The quantitative estimate of drug-likeness (QED) is 0.406. The van der Waals surface area contributed by atoms with Crippen LogP contribution in [0.2, 0.25) is 0 Å². The van der Waals surface area contributed by atoms with E-state index in [-0.39, 0.29) is 6.54 Å². The van der Waals surface area contributed by atoms with Crippen LogP contribution in [0.5, 0.6) is 0 Å². The van der Waals surface area contributed by atoms with Gasteiger partial charge in [-0.25, -0.2) is 5.43 Å². The smallest absolute Gasteiger partial charge is 0.287 e. The van der Waals surface area contributed by atoms with Crippen LogP contribution in [0.1, 0.15) is 27.7 Å². The molecular weight excluding hydrogens is 182 g/mol. The maximum atomic E-state index is 11.1. The Labute approximate surface area is 83.3 Å². The summed E-state index contributed by atoms with van der Waals surface area (Å²) in [6.07, 6.45) is 0. The molecule has 1 N–H and O–H groups in total. The zero-order valence-corrected chi connectivity index (χ0v) is 8.92. The standard InChI is InChI=1S/C9H15N3O2/c1-6(2)10-5-8(13)9(14)12-11-7(3)4/h5H2,1-4H3,(H,12,14). The number of amides is 1. The summed E-state index contributed by atoms with van der Waals surface area (Å²) in [6.45, 7) is 6.85. The third kappa shape index (κ3) is 6.05. The van der Waals surface area contributed by atoms with E-state index in [1.54, 1.807) is 27.7 Å². The third-order valence-corrected chi connectivity index (χ3v) is 1.17. The number of aliphatic imine (C=N–C) groups is 1. The van der Waals surface area contributed by atoms with E-state index in [4.69, 9.17) is 0 Å². The minimum Gasteiger partial charge on any atom is -0.287 e. The molecule has 14 heavy (non-hydrogen) atoms. The van der Waals surface area contributed by atoms with E-state index in [1.807, 2.05) is 0 Å². The first kappa shape index (κ1) is 12.5. The highest BCUT2D eigenvalue weighted by atomic mass is 16.2. The van der Waals surface area contributed by atoms with E-state index in [0.717, 1.165) is 5.71 Å². The lowest BCUT2D eigenvalue weighted by Crippen LogP contribution is -2.29. The molecule has 0 bridgehead atoms. The summed E-state index contributed by atoms with van der Waals surface area (Å²) in [6, 6.07) is 0. The largest absolute Gasteiger partial charge is 0.309 e. The predicted molar refractivity (Wildman–Crippen MR) is 55.6 cm³/mol. The number of hydrazone groups is 1. The number of ketones is 1. The fourth-order valence-corrected chi connectivity index (χ4v) is 0.527. The molecule has 0 aliphatic heterocycles. The number of rotatable bonds is 4. The molecule has 0 aliphatic carbocycles. The molecule has 0 aromatic carbocycles. The van der Waals surface area contributed by atoms with E-state index in [2.05, 4.69) is 15.5 Å². The fraction of sp³-hybridized carbons (Fsp3) is 0.556. The second-order valence-electron chi connectivity index (χ2n) is 3.19. The molecule has 5 heteroatoms. The van der Waals surface area contributed by atoms with Gasteiger partial charge in [0.05, 0.1) is 0 Å². The average Bonchev–Trinajstić information content (AvgIpc) is 2.09. The molecule has 78 valence electrons. The van der Waals surface area contributed by atoms with Crippen LogP contribution >= 0.6 is 0 Å². The molecule has 0 fully saturated rings. The molecular formula is C9H15N3O2. The van der Waals surface area contributed by atoms with Crippen LogP contribution in [0.4, 0.5) is 0 Å². The maximum absolute atomic E-state index is 11.1. The van der Waals surface area contributed by atoms with Crippen molar-refractivity contribution >= 4 is 23.1 Å². The van der Waals surface area contributed by atoms with Gasteiger partial charge in [-0.1, -0.05) is 0 Å². The van der Waals surface area contributed by atoms with Crippen LogP contribution in [-0.4, -0.2) is 29.7 Å². The minimum absolute atomic E-state index is 0.119. The minimum atomic E-state index is -0.726. The van der Waals surface area contributed by atoms with Gasteiger partial charge < -0.3 is 0 Å². The first-order valence-corrected chi connectivity index (χ1v) is 4.25. The second kappa shape index (κ2) is 6.01. The van der Waals surface area contributed by atoms with Gasteiger partial charge in [0.1, 0.15) is 6.54 Å². The van der Waals surface area contributed by atoms with E-state index in [0.29, 0.717) is 5.71 Å². The Balaban J connectivity index is 4.08. The van der Waals surface area contributed by atoms with Gasteiger partial charge in [0, 0.05) is 11.4 Å². The van der Waals surface area contributed by atoms with Crippen LogP contribution in [0.25, 0.3) is 0 Å². The van der Waals surface area contributed by atoms with Crippen molar-refractivity contribution < 1.29 is 9.59 Å². The lowest BCUT2D eigenvalue weighted by Gasteiger charge is -1.97. The van der Waals surface area contributed by atoms with E-state index in [1.165, 1.54) is 0 Å². The van der Waals surface area contributed by atoms with Gasteiger partial charge in [-0.2, -0.15) is 5.10 Å². The summed E-state index contributed by atoms with van der Waals surface area (Å²) in [7, 11) is 0. The monoisotopic (exact) mass is 197 g/mol. The SMILES string of the molecule is CC(C)=NCC(=O)C(=O)NN=C(C)C. The molecule has 0 atom stereocenters. The Bertz CT molecular complexity index is 254. The van der Waals surface area contributed by atoms with Crippen LogP contribution in [0.3, 0.4) is 0 Å². The lowest BCUT2D eigenvalue weighted by molar-refractivity contribution is -0.137. The van der Waals surface area contributed by atoms with Crippen LogP contribution < -0.4 is 5.43 Å². The summed E-state index contributed by atoms with van der Waals surface area (Å²) >= 11 is 0. The molecule has 0 aromatic heterocycles. The summed E-state index contributed by atoms with van der Waals surface area (Å²) in [5.74, 6) is -1.31. The van der Waals surface area contributed by atoms with Crippen molar-refractivity contribution in [2.24, 2.45) is 10.1 Å². The van der Waals surface area contributed by atoms with E-state index in [9.17, 15) is 9.59 Å². The van der Waals surface area contributed by atoms with Gasteiger partial charge in [0.2, 0.25) is 5.78 Å². The first-order valence-electron chi connectivity index (χ1n) is 4.25. The van der Waals surface area contributed by atoms with Crippen molar-refractivity contribution in [2.75, 3.05) is 6.54 Å². The van der Waals surface area contributed by atoms with E-state index < -0.39 is 11.7 Å². The van der Waals surface area contributed by atoms with Gasteiger partial charge in [0.15, 0.2) is 0 Å². The summed E-state index contributed by atoms with van der Waals surface area (Å²) in [5, 5.41) is 3.62. The molecule has 0 aromatic rings. The summed E-state index contributed by atoms with van der Waals surface area (Å²) in [4.78, 5) is 25.9. The van der Waals surface area contributed by atoms with Crippen molar-refractivity contribution in [3.8, 4) is 0 Å². The average molecular weight is 197 g/mol. The zero-order chi connectivity index (χ0) is 11.1. The molecule has 0 rings (SSSR count). The highest BCUT2D eigenvalue weighted by Crippen LogP contribution is 1.81. The summed E-state index contributed by atoms with van der Waals surface area (Å²) < 4.78 is 0. The molecule has 0 saturated heterocycles. The second-order valence-corrected chi connectivity index (χ2v) is 3.19. The number of Topliss-reactive ketones (excluding diaryl/α,β-unsaturated/α-hetero) is 1. The molecule has 0 heterocycles. The number of carbonyl (C=O) groups is 2. The molecule has 5 nitrogen and oxygen atoms in total. The number of nitrogens with one attached hydrogen (secondary N) is 1. The number of carbonyl (C=O) groups excluding carboxylic acids is 2. The van der Waals surface area contributed by atoms with Gasteiger partial charge in [-0.3, -0.25) is 14.6 Å². The Morgan fingerprint density at radius 1 is 1.07 bits per heavy atom. The highest BCUT2D eigenvalue weighted by Gasteiger charge is 2.11. The Kier molecular flexibility index (Phi) is 5.36. The molecule has 0 spiro atoms. The molecule has 0 saturated carbocycles. The van der Waals surface area contributed by atoms with Crippen molar-refractivity contribution in [3.63, 3.8) is 0 Å². The Morgan fingerprint density at radius 2 is 1.64 bits per heavy atom. The highest BCUT2D eigenvalue weighted by molar-refractivity contribution is 6.37. The van der Waals surface area contributed by atoms with Crippen molar-refractivity contribution in [1.82, 2.24) is 5.43 Å². The first-order chi connectivity index (χ1) is 6.43. The molecule has 0 radical (unpaired) electrons. The molecule has 1 amide bonds. The van der Waals surface area contributed by atoms with Crippen molar-refractivity contribution in [1.29, 1.82) is 0 Å². The van der Waals surface area contributed by atoms with Gasteiger partial charge in [-0.15, -0.1) is 0 Å². The predicted octanol–water partition coefficient (Wildman–Crippen LogP) is 0.548. The number of nitrogens with zero attached hydrogens (tertiary/aromatic N) is 2. The topological polar surface area (TPSA) is 70.9 Å². The molecule has 0 unspecified atom stereocenters. The maximum Gasteiger partial charge on any atom is 0.309 e. The Morgan fingerprint density at radius 3 is 2.07 bits per heavy atom. The number of hydrogen-bond donors (Lipinski definition) is 1. The molecule has 0 aliphatic rings. The number of hydrogen-bond acceptors (Lipinski definition) is 4. The van der Waals surface area contributed by atoms with E-state index >= 15 is 0 Å². The van der Waals surface area contributed by atoms with Crippen LogP contribution in [0.15, 0.2) is 10.1 Å². The van der Waals surface area contributed by atoms with Gasteiger partial charge in [0.25, 0.3) is 0 Å². The van der Waals surface area contributed by atoms with Crippen LogP contribution in [-0.2, 0) is 9.59 Å². The summed E-state index contributed by atoms with van der Waals surface area (Å²) in [5.41, 5.74) is 3.58. The zero-order valence-electron chi connectivity index (χ0n) is 8.92. The normalized spacial score (nSPS) is 8.86. The van der Waals surface area contributed by atoms with Crippen LogP contribution in [0, 0.1) is 0 Å².